The first-order chi connectivity index (χ1) is 13.3. The van der Waals surface area contributed by atoms with E-state index >= 15 is 0 Å². The minimum absolute atomic E-state index is 0.0746. The monoisotopic (exact) mass is 353 g/mol. The lowest BCUT2D eigenvalue weighted by Crippen LogP contribution is -2.05. The molecule has 0 spiro atoms. The van der Waals surface area contributed by atoms with Gasteiger partial charge in [0.1, 0.15) is 5.75 Å². The summed E-state index contributed by atoms with van der Waals surface area (Å²) in [5.41, 5.74) is 5.42. The van der Waals surface area contributed by atoms with Crippen molar-refractivity contribution in [2.75, 3.05) is 12.4 Å². The number of methoxy groups -OCH3 is 1. The molecule has 0 saturated heterocycles. The Labute approximate surface area is 158 Å². The summed E-state index contributed by atoms with van der Waals surface area (Å²) in [6.45, 7) is 0. The molecule has 0 aromatic heterocycles. The summed E-state index contributed by atoms with van der Waals surface area (Å²) in [5, 5.41) is 2.96. The topological polar surface area (TPSA) is 38.3 Å². The highest BCUT2D eigenvalue weighted by Gasteiger charge is 2.26. The molecule has 0 bridgehead atoms. The van der Waals surface area contributed by atoms with Crippen LogP contribution in [0.25, 0.3) is 17.2 Å². The minimum Gasteiger partial charge on any atom is -0.497 e. The second-order valence-electron chi connectivity index (χ2n) is 6.26. The Morgan fingerprint density at radius 3 is 2.33 bits per heavy atom. The van der Waals surface area contributed by atoms with Crippen molar-refractivity contribution in [2.45, 2.75) is 0 Å². The van der Waals surface area contributed by atoms with E-state index in [0.29, 0.717) is 5.57 Å². The molecule has 1 N–H and O–H groups in total. The van der Waals surface area contributed by atoms with Gasteiger partial charge >= 0.3 is 0 Å². The highest BCUT2D eigenvalue weighted by molar-refractivity contribution is 6.37. The van der Waals surface area contributed by atoms with Crippen LogP contribution < -0.4 is 10.1 Å². The molecule has 0 saturated carbocycles. The molecule has 0 aliphatic carbocycles. The van der Waals surface area contributed by atoms with Crippen molar-refractivity contribution in [2.24, 2.45) is 0 Å². The number of hydrogen-bond donors (Lipinski definition) is 1. The summed E-state index contributed by atoms with van der Waals surface area (Å²) >= 11 is 0. The Bertz CT molecular complexity index is 1030. The highest BCUT2D eigenvalue weighted by atomic mass is 16.5. The summed E-state index contributed by atoms with van der Waals surface area (Å²) in [5.74, 6) is 0.743. The quantitative estimate of drug-likeness (QED) is 0.649. The van der Waals surface area contributed by atoms with Crippen LogP contribution in [0.15, 0.2) is 84.9 Å². The number of ether oxygens (including phenoxy) is 1. The predicted octanol–water partition coefficient (Wildman–Crippen LogP) is 5.27. The van der Waals surface area contributed by atoms with E-state index < -0.39 is 0 Å². The van der Waals surface area contributed by atoms with Crippen molar-refractivity contribution in [3.05, 3.63) is 102 Å². The summed E-state index contributed by atoms with van der Waals surface area (Å²) < 4.78 is 5.21. The van der Waals surface area contributed by atoms with Crippen LogP contribution in [0.2, 0.25) is 0 Å². The van der Waals surface area contributed by atoms with Gasteiger partial charge in [-0.3, -0.25) is 4.79 Å². The maximum Gasteiger partial charge on any atom is 0.256 e. The van der Waals surface area contributed by atoms with Crippen LogP contribution in [0.1, 0.15) is 16.7 Å². The summed E-state index contributed by atoms with van der Waals surface area (Å²) in [7, 11) is 1.65. The second-order valence-corrected chi connectivity index (χ2v) is 6.26. The number of rotatable bonds is 4. The van der Waals surface area contributed by atoms with Gasteiger partial charge in [0.05, 0.1) is 12.7 Å². The van der Waals surface area contributed by atoms with Gasteiger partial charge in [-0.15, -0.1) is 0 Å². The van der Waals surface area contributed by atoms with Crippen LogP contribution >= 0.6 is 0 Å². The van der Waals surface area contributed by atoms with E-state index in [9.17, 15) is 4.79 Å². The van der Waals surface area contributed by atoms with Gasteiger partial charge in [0.2, 0.25) is 0 Å². The Balaban J connectivity index is 1.83. The first-order valence-corrected chi connectivity index (χ1v) is 8.79. The molecule has 3 aromatic carbocycles. The zero-order chi connectivity index (χ0) is 18.6. The van der Waals surface area contributed by atoms with Gasteiger partial charge in [-0.05, 0) is 34.9 Å². The van der Waals surface area contributed by atoms with Gasteiger partial charge in [-0.1, -0.05) is 72.8 Å². The third kappa shape index (κ3) is 3.40. The molecule has 0 unspecified atom stereocenters. The number of hydrogen-bond acceptors (Lipinski definition) is 2. The smallest absolute Gasteiger partial charge is 0.256 e. The molecular weight excluding hydrogens is 334 g/mol. The number of carbonyl (C=O) groups is 1. The number of benzene rings is 3. The van der Waals surface area contributed by atoms with Gasteiger partial charge in [0.25, 0.3) is 5.91 Å². The normalized spacial score (nSPS) is 14.8. The molecule has 132 valence electrons. The minimum atomic E-state index is -0.0746. The predicted molar refractivity (Wildman–Crippen MR) is 110 cm³/mol. The SMILES string of the molecule is COc1ccc(/C=C/C(=C2\C(=O)Nc3ccccc32)c2ccccc2)cc1. The Kier molecular flexibility index (Phi) is 4.58. The lowest BCUT2D eigenvalue weighted by Gasteiger charge is -2.08. The van der Waals surface area contributed by atoms with E-state index in [-0.39, 0.29) is 5.91 Å². The molecule has 1 aliphatic heterocycles. The molecule has 1 aliphatic rings. The maximum atomic E-state index is 12.7. The van der Waals surface area contributed by atoms with Crippen molar-refractivity contribution in [1.29, 1.82) is 0 Å². The number of para-hydroxylation sites is 1. The molecule has 4 rings (SSSR count). The first kappa shape index (κ1) is 16.9. The fourth-order valence-electron chi connectivity index (χ4n) is 3.22. The molecular formula is C24H19NO2. The van der Waals surface area contributed by atoms with Crippen LogP contribution in [0.3, 0.4) is 0 Å². The lowest BCUT2D eigenvalue weighted by molar-refractivity contribution is -0.110. The Hall–Kier alpha value is -3.59. The summed E-state index contributed by atoms with van der Waals surface area (Å²) in [4.78, 5) is 12.7. The van der Waals surface area contributed by atoms with Crippen molar-refractivity contribution in [3.8, 4) is 5.75 Å². The first-order valence-electron chi connectivity index (χ1n) is 8.79. The lowest BCUT2D eigenvalue weighted by atomic mass is 9.94. The largest absolute Gasteiger partial charge is 0.497 e. The third-order valence-corrected chi connectivity index (χ3v) is 4.58. The third-order valence-electron chi connectivity index (χ3n) is 4.58. The van der Waals surface area contributed by atoms with Gasteiger partial charge in [0, 0.05) is 11.3 Å². The molecule has 0 atom stereocenters. The molecule has 3 aromatic rings. The number of fused-ring (bicyclic) bond motifs is 1. The fraction of sp³-hybridized carbons (Fsp3) is 0.0417. The van der Waals surface area contributed by atoms with E-state index in [4.69, 9.17) is 4.74 Å². The van der Waals surface area contributed by atoms with E-state index in [2.05, 4.69) is 5.32 Å². The van der Waals surface area contributed by atoms with Crippen LogP contribution in [0.4, 0.5) is 5.69 Å². The van der Waals surface area contributed by atoms with Crippen molar-refractivity contribution in [1.82, 2.24) is 0 Å². The molecule has 27 heavy (non-hydrogen) atoms. The van der Waals surface area contributed by atoms with Gasteiger partial charge in [-0.2, -0.15) is 0 Å². The summed E-state index contributed by atoms with van der Waals surface area (Å²) in [6.07, 6.45) is 4.02. The van der Waals surface area contributed by atoms with Crippen molar-refractivity contribution < 1.29 is 9.53 Å². The number of carbonyl (C=O) groups excluding carboxylic acids is 1. The van der Waals surface area contributed by atoms with Crippen LogP contribution in [-0.4, -0.2) is 13.0 Å². The van der Waals surface area contributed by atoms with E-state index in [0.717, 1.165) is 33.7 Å². The number of nitrogens with one attached hydrogen (secondary N) is 1. The molecule has 1 amide bonds. The van der Waals surface area contributed by atoms with Gasteiger partial charge < -0.3 is 10.1 Å². The number of anilines is 1. The van der Waals surface area contributed by atoms with Crippen LogP contribution in [-0.2, 0) is 4.79 Å². The Morgan fingerprint density at radius 1 is 0.889 bits per heavy atom. The molecule has 3 heteroatoms. The second kappa shape index (κ2) is 7.34. The molecule has 0 fully saturated rings. The standard InChI is InChI=1S/C24H19NO2/c1-27-19-14-11-17(12-15-19)13-16-20(18-7-3-2-4-8-18)23-21-9-5-6-10-22(21)25-24(23)26/h2-16H,1H3,(H,25,26)/b16-13+,23-20+. The molecule has 1 heterocycles. The van der Waals surface area contributed by atoms with Crippen LogP contribution in [0.5, 0.6) is 5.75 Å². The molecule has 3 nitrogen and oxygen atoms in total. The zero-order valence-electron chi connectivity index (χ0n) is 15.0. The number of amides is 1. The maximum absolute atomic E-state index is 12.7. The van der Waals surface area contributed by atoms with Crippen LogP contribution in [0, 0.1) is 0 Å². The van der Waals surface area contributed by atoms with E-state index in [1.807, 2.05) is 91.0 Å². The highest BCUT2D eigenvalue weighted by Crippen LogP contribution is 2.37. The van der Waals surface area contributed by atoms with Crippen molar-refractivity contribution >= 4 is 28.8 Å². The number of allylic oxidation sites excluding steroid dienone is 2. The average molecular weight is 353 g/mol. The Morgan fingerprint density at radius 2 is 1.59 bits per heavy atom. The molecule has 0 radical (unpaired) electrons. The summed E-state index contributed by atoms with van der Waals surface area (Å²) in [6, 6.07) is 25.6. The fourth-order valence-corrected chi connectivity index (χ4v) is 3.22. The van der Waals surface area contributed by atoms with E-state index in [1.54, 1.807) is 7.11 Å². The van der Waals surface area contributed by atoms with E-state index in [1.165, 1.54) is 0 Å². The zero-order valence-corrected chi connectivity index (χ0v) is 15.0. The van der Waals surface area contributed by atoms with Crippen molar-refractivity contribution in [3.63, 3.8) is 0 Å². The van der Waals surface area contributed by atoms with Gasteiger partial charge in [-0.25, -0.2) is 0 Å². The van der Waals surface area contributed by atoms with Gasteiger partial charge in [0.15, 0.2) is 0 Å². The average Bonchev–Trinajstić information content (AvgIpc) is 3.05.